The van der Waals surface area contributed by atoms with Gasteiger partial charge in [-0.2, -0.15) is 0 Å². The fourth-order valence-electron chi connectivity index (χ4n) is 2.15. The molecule has 1 aromatic heterocycles. The number of benzene rings is 2. The van der Waals surface area contributed by atoms with Crippen molar-refractivity contribution in [2.45, 2.75) is 13.3 Å². The number of nitrogens with zero attached hydrogens (tertiary/aromatic N) is 1. The minimum Gasteiger partial charge on any atom is -0.355 e. The van der Waals surface area contributed by atoms with Gasteiger partial charge in [0.2, 0.25) is 0 Å². The van der Waals surface area contributed by atoms with E-state index >= 15 is 0 Å². The summed E-state index contributed by atoms with van der Waals surface area (Å²) < 4.78 is 5.23. The molecule has 23 heavy (non-hydrogen) atoms. The Morgan fingerprint density at radius 2 is 1.83 bits per heavy atom. The Kier molecular flexibility index (Phi) is 4.44. The lowest BCUT2D eigenvalue weighted by atomic mass is 10.1. The van der Waals surface area contributed by atoms with E-state index in [9.17, 15) is 4.79 Å². The van der Waals surface area contributed by atoms with Crippen molar-refractivity contribution in [1.82, 2.24) is 5.16 Å². The van der Waals surface area contributed by atoms with E-state index in [1.54, 1.807) is 18.2 Å². The van der Waals surface area contributed by atoms with Crippen LogP contribution in [0.5, 0.6) is 0 Å². The Hall–Kier alpha value is -2.59. The maximum absolute atomic E-state index is 12.2. The summed E-state index contributed by atoms with van der Waals surface area (Å²) in [5, 5.41) is 7.27. The van der Waals surface area contributed by atoms with Gasteiger partial charge in [0.05, 0.1) is 0 Å². The average Bonchev–Trinajstić information content (AvgIpc) is 3.06. The normalized spacial score (nSPS) is 10.5. The zero-order chi connectivity index (χ0) is 16.2. The quantitative estimate of drug-likeness (QED) is 0.748. The molecule has 0 saturated heterocycles. The molecule has 0 bridgehead atoms. The van der Waals surface area contributed by atoms with Gasteiger partial charge in [-0.1, -0.05) is 35.8 Å². The van der Waals surface area contributed by atoms with E-state index in [0.717, 1.165) is 17.7 Å². The minimum atomic E-state index is -0.307. The Balaban J connectivity index is 1.74. The summed E-state index contributed by atoms with van der Waals surface area (Å²) in [4.78, 5) is 12.2. The number of hydrogen-bond donors (Lipinski definition) is 1. The first kappa shape index (κ1) is 15.3. The van der Waals surface area contributed by atoms with Crippen molar-refractivity contribution in [3.63, 3.8) is 0 Å². The number of halogens is 1. The first-order valence-electron chi connectivity index (χ1n) is 7.28. The van der Waals surface area contributed by atoms with E-state index in [-0.39, 0.29) is 11.6 Å². The van der Waals surface area contributed by atoms with Crippen LogP contribution in [-0.4, -0.2) is 11.1 Å². The maximum Gasteiger partial charge on any atom is 0.277 e. The number of aromatic nitrogens is 1. The second-order valence-corrected chi connectivity index (χ2v) is 5.52. The van der Waals surface area contributed by atoms with Crippen molar-refractivity contribution in [2.24, 2.45) is 0 Å². The Morgan fingerprint density at radius 3 is 2.48 bits per heavy atom. The highest BCUT2D eigenvalue weighted by molar-refractivity contribution is 6.30. The third-order valence-electron chi connectivity index (χ3n) is 3.49. The first-order valence-corrected chi connectivity index (χ1v) is 7.66. The third-order valence-corrected chi connectivity index (χ3v) is 3.74. The van der Waals surface area contributed by atoms with Crippen LogP contribution in [0.2, 0.25) is 5.02 Å². The van der Waals surface area contributed by atoms with Crippen LogP contribution in [0.3, 0.4) is 0 Å². The number of nitrogens with one attached hydrogen (secondary N) is 1. The van der Waals surface area contributed by atoms with Gasteiger partial charge in [0.15, 0.2) is 11.5 Å². The molecule has 4 nitrogen and oxygen atoms in total. The van der Waals surface area contributed by atoms with E-state index < -0.39 is 0 Å². The largest absolute Gasteiger partial charge is 0.355 e. The Bertz CT molecular complexity index is 808. The van der Waals surface area contributed by atoms with E-state index in [1.165, 1.54) is 5.56 Å². The molecule has 3 aromatic rings. The molecular weight excluding hydrogens is 312 g/mol. The van der Waals surface area contributed by atoms with Crippen LogP contribution in [0.15, 0.2) is 59.1 Å². The predicted octanol–water partition coefficient (Wildman–Crippen LogP) is 4.81. The minimum absolute atomic E-state index is 0.231. The number of hydrogen-bond acceptors (Lipinski definition) is 3. The zero-order valence-electron chi connectivity index (χ0n) is 12.5. The molecule has 1 N–H and O–H groups in total. The van der Waals surface area contributed by atoms with Crippen LogP contribution in [0.4, 0.5) is 5.69 Å². The van der Waals surface area contributed by atoms with Gasteiger partial charge in [0.25, 0.3) is 5.91 Å². The van der Waals surface area contributed by atoms with Crippen LogP contribution in [0.25, 0.3) is 11.3 Å². The Morgan fingerprint density at radius 1 is 1.13 bits per heavy atom. The molecule has 0 aliphatic rings. The van der Waals surface area contributed by atoms with Gasteiger partial charge in [0, 0.05) is 22.3 Å². The second kappa shape index (κ2) is 6.67. The summed E-state index contributed by atoms with van der Waals surface area (Å²) in [6.45, 7) is 2.08. The van der Waals surface area contributed by atoms with Gasteiger partial charge >= 0.3 is 0 Å². The van der Waals surface area contributed by atoms with E-state index in [0.29, 0.717) is 10.8 Å². The first-order chi connectivity index (χ1) is 11.2. The molecule has 0 spiro atoms. The zero-order valence-corrected chi connectivity index (χ0v) is 13.3. The SMILES string of the molecule is CCc1ccc(NC(=O)c2cc(-c3ccc(Cl)cc3)on2)cc1. The lowest BCUT2D eigenvalue weighted by molar-refractivity contribution is 0.101. The van der Waals surface area contributed by atoms with E-state index in [1.807, 2.05) is 36.4 Å². The van der Waals surface area contributed by atoms with Crippen molar-refractivity contribution in [1.29, 1.82) is 0 Å². The monoisotopic (exact) mass is 326 g/mol. The highest BCUT2D eigenvalue weighted by atomic mass is 35.5. The number of rotatable bonds is 4. The fourth-order valence-corrected chi connectivity index (χ4v) is 2.28. The number of aryl methyl sites for hydroxylation is 1. The lowest BCUT2D eigenvalue weighted by Crippen LogP contribution is -2.12. The van der Waals surface area contributed by atoms with Crippen molar-refractivity contribution in [3.05, 3.63) is 70.9 Å². The molecule has 0 unspecified atom stereocenters. The van der Waals surface area contributed by atoms with Gasteiger partial charge in [0.1, 0.15) is 0 Å². The van der Waals surface area contributed by atoms with Crippen LogP contribution in [0.1, 0.15) is 23.0 Å². The summed E-state index contributed by atoms with van der Waals surface area (Å²) in [5.74, 6) is 0.214. The number of carbonyl (C=O) groups is 1. The maximum atomic E-state index is 12.2. The predicted molar refractivity (Wildman–Crippen MR) is 90.7 cm³/mol. The van der Waals surface area contributed by atoms with Gasteiger partial charge < -0.3 is 9.84 Å². The molecule has 0 fully saturated rings. The number of anilines is 1. The Labute approximate surface area is 139 Å². The molecule has 0 saturated carbocycles. The van der Waals surface area contributed by atoms with Crippen molar-refractivity contribution < 1.29 is 9.32 Å². The lowest BCUT2D eigenvalue weighted by Gasteiger charge is -2.03. The second-order valence-electron chi connectivity index (χ2n) is 5.09. The molecule has 2 aromatic carbocycles. The van der Waals surface area contributed by atoms with Gasteiger partial charge in [-0.05, 0) is 48.4 Å². The molecule has 1 amide bonds. The molecule has 0 radical (unpaired) electrons. The third kappa shape index (κ3) is 3.60. The molecule has 0 aliphatic heterocycles. The van der Waals surface area contributed by atoms with Crippen LogP contribution >= 0.6 is 11.6 Å². The topological polar surface area (TPSA) is 55.1 Å². The molecule has 3 rings (SSSR count). The number of amides is 1. The molecule has 1 heterocycles. The van der Waals surface area contributed by atoms with Gasteiger partial charge in [-0.15, -0.1) is 0 Å². The molecule has 116 valence electrons. The summed E-state index contributed by atoms with van der Waals surface area (Å²) in [6, 6.07) is 16.5. The molecule has 0 atom stereocenters. The summed E-state index contributed by atoms with van der Waals surface area (Å²) in [6.07, 6.45) is 0.960. The van der Waals surface area contributed by atoms with Gasteiger partial charge in [-0.3, -0.25) is 4.79 Å². The summed E-state index contributed by atoms with van der Waals surface area (Å²) >= 11 is 5.86. The molecule has 0 aliphatic carbocycles. The van der Waals surface area contributed by atoms with Crippen LogP contribution in [-0.2, 0) is 6.42 Å². The molecule has 5 heteroatoms. The van der Waals surface area contributed by atoms with Crippen LogP contribution < -0.4 is 5.32 Å². The van der Waals surface area contributed by atoms with Crippen molar-refractivity contribution in [3.8, 4) is 11.3 Å². The average molecular weight is 327 g/mol. The standard InChI is InChI=1S/C18H15ClN2O2/c1-2-12-3-9-15(10-4-12)20-18(22)16-11-17(23-21-16)13-5-7-14(19)8-6-13/h3-11H,2H2,1H3,(H,20,22). The smallest absolute Gasteiger partial charge is 0.277 e. The number of carbonyl (C=O) groups excluding carboxylic acids is 1. The van der Waals surface area contributed by atoms with Crippen molar-refractivity contribution in [2.75, 3.05) is 5.32 Å². The molecular formula is C18H15ClN2O2. The summed E-state index contributed by atoms with van der Waals surface area (Å²) in [7, 11) is 0. The van der Waals surface area contributed by atoms with Gasteiger partial charge in [-0.25, -0.2) is 0 Å². The van der Waals surface area contributed by atoms with Crippen LogP contribution in [0, 0.1) is 0 Å². The highest BCUT2D eigenvalue weighted by Crippen LogP contribution is 2.22. The fraction of sp³-hybridized carbons (Fsp3) is 0.111. The van der Waals surface area contributed by atoms with E-state index in [2.05, 4.69) is 17.4 Å². The highest BCUT2D eigenvalue weighted by Gasteiger charge is 2.14. The van der Waals surface area contributed by atoms with Crippen molar-refractivity contribution >= 4 is 23.2 Å². The van der Waals surface area contributed by atoms with E-state index in [4.69, 9.17) is 16.1 Å². The summed E-state index contributed by atoms with van der Waals surface area (Å²) in [5.41, 5.74) is 2.99.